The summed E-state index contributed by atoms with van der Waals surface area (Å²) >= 11 is 0. The molecule has 24 heavy (non-hydrogen) atoms. The second kappa shape index (κ2) is 9.15. The van der Waals surface area contributed by atoms with Crippen molar-refractivity contribution in [3.8, 4) is 0 Å². The smallest absolute Gasteiger partial charge is 0.321 e. The van der Waals surface area contributed by atoms with Gasteiger partial charge in [-0.3, -0.25) is 10.1 Å². The van der Waals surface area contributed by atoms with Crippen molar-refractivity contribution in [1.82, 2.24) is 10.6 Å². The van der Waals surface area contributed by atoms with E-state index in [-0.39, 0.29) is 12.5 Å². The number of piperidine rings is 1. The first kappa shape index (κ1) is 18.1. The number of imide groups is 1. The third-order valence-electron chi connectivity index (χ3n) is 3.96. The average Bonchev–Trinajstić information content (AvgIpc) is 2.59. The van der Waals surface area contributed by atoms with E-state index < -0.39 is 6.03 Å². The summed E-state index contributed by atoms with van der Waals surface area (Å²) in [6, 6.07) is 7.55. The van der Waals surface area contributed by atoms with Gasteiger partial charge in [-0.2, -0.15) is 0 Å². The molecule has 6 heteroatoms. The van der Waals surface area contributed by atoms with Crippen LogP contribution in [0.25, 0.3) is 0 Å². The molecule has 1 aromatic carbocycles. The van der Waals surface area contributed by atoms with E-state index in [1.165, 1.54) is 19.3 Å². The van der Waals surface area contributed by atoms with Gasteiger partial charge in [0.15, 0.2) is 0 Å². The van der Waals surface area contributed by atoms with Crippen LogP contribution in [0.3, 0.4) is 0 Å². The highest BCUT2D eigenvalue weighted by Crippen LogP contribution is 2.27. The lowest BCUT2D eigenvalue weighted by Gasteiger charge is -2.30. The molecule has 0 unspecified atom stereocenters. The Hall–Kier alpha value is -2.24. The van der Waals surface area contributed by atoms with Crippen molar-refractivity contribution in [2.75, 3.05) is 36.4 Å². The van der Waals surface area contributed by atoms with Gasteiger partial charge in [-0.1, -0.05) is 26.0 Å². The SMILES string of the molecule is CC(C)CNC(=O)NC(=O)CNc1ccccc1N1CCCCC1. The van der Waals surface area contributed by atoms with Crippen LogP contribution >= 0.6 is 0 Å². The molecule has 1 aromatic rings. The van der Waals surface area contributed by atoms with Gasteiger partial charge < -0.3 is 15.5 Å². The van der Waals surface area contributed by atoms with Crippen LogP contribution in [0.4, 0.5) is 16.2 Å². The summed E-state index contributed by atoms with van der Waals surface area (Å²) in [5.74, 6) is 0.00472. The summed E-state index contributed by atoms with van der Waals surface area (Å²) in [5.41, 5.74) is 2.05. The van der Waals surface area contributed by atoms with E-state index >= 15 is 0 Å². The van der Waals surface area contributed by atoms with Crippen molar-refractivity contribution in [2.45, 2.75) is 33.1 Å². The molecule has 3 amide bonds. The maximum absolute atomic E-state index is 11.9. The van der Waals surface area contributed by atoms with Gasteiger partial charge in [0, 0.05) is 19.6 Å². The molecule has 1 saturated heterocycles. The van der Waals surface area contributed by atoms with Crippen molar-refractivity contribution in [3.63, 3.8) is 0 Å². The van der Waals surface area contributed by atoms with Gasteiger partial charge in [0.25, 0.3) is 0 Å². The van der Waals surface area contributed by atoms with Crippen molar-refractivity contribution < 1.29 is 9.59 Å². The number of nitrogens with one attached hydrogen (secondary N) is 3. The number of amides is 3. The van der Waals surface area contributed by atoms with E-state index in [0.29, 0.717) is 12.5 Å². The number of carbonyl (C=O) groups is 2. The zero-order valence-electron chi connectivity index (χ0n) is 14.6. The largest absolute Gasteiger partial charge is 0.374 e. The van der Waals surface area contributed by atoms with Crippen molar-refractivity contribution in [1.29, 1.82) is 0 Å². The first-order chi connectivity index (χ1) is 11.6. The molecule has 1 fully saturated rings. The third-order valence-corrected chi connectivity index (χ3v) is 3.96. The molecule has 0 saturated carbocycles. The number of hydrogen-bond donors (Lipinski definition) is 3. The monoisotopic (exact) mass is 332 g/mol. The Balaban J connectivity index is 1.85. The Morgan fingerprint density at radius 1 is 1.12 bits per heavy atom. The number of benzene rings is 1. The fraction of sp³-hybridized carbons (Fsp3) is 0.556. The van der Waals surface area contributed by atoms with Crippen LogP contribution in [0.15, 0.2) is 24.3 Å². The van der Waals surface area contributed by atoms with Gasteiger partial charge >= 0.3 is 6.03 Å². The minimum atomic E-state index is -0.445. The molecule has 0 aliphatic carbocycles. The van der Waals surface area contributed by atoms with E-state index in [1.807, 2.05) is 32.0 Å². The number of nitrogens with zero attached hydrogens (tertiary/aromatic N) is 1. The maximum Gasteiger partial charge on any atom is 0.321 e. The summed E-state index contributed by atoms with van der Waals surface area (Å²) in [5, 5.41) is 8.15. The summed E-state index contributed by atoms with van der Waals surface area (Å²) in [6.45, 7) is 6.71. The predicted molar refractivity (Wildman–Crippen MR) is 97.4 cm³/mol. The van der Waals surface area contributed by atoms with Crippen LogP contribution in [0.2, 0.25) is 0 Å². The van der Waals surface area contributed by atoms with Crippen molar-refractivity contribution >= 4 is 23.3 Å². The second-order valence-electron chi connectivity index (χ2n) is 6.57. The normalized spacial score (nSPS) is 14.4. The van der Waals surface area contributed by atoms with Gasteiger partial charge in [-0.05, 0) is 37.3 Å². The van der Waals surface area contributed by atoms with Crippen LogP contribution in [0, 0.1) is 5.92 Å². The molecule has 0 radical (unpaired) electrons. The molecule has 3 N–H and O–H groups in total. The fourth-order valence-corrected chi connectivity index (χ4v) is 2.72. The predicted octanol–water partition coefficient (Wildman–Crippen LogP) is 2.57. The Kier molecular flexibility index (Phi) is 6.90. The minimum absolute atomic E-state index is 0.0694. The van der Waals surface area contributed by atoms with E-state index in [1.54, 1.807) is 0 Å². The van der Waals surface area contributed by atoms with Crippen LogP contribution in [0.5, 0.6) is 0 Å². The summed E-state index contributed by atoms with van der Waals surface area (Å²) in [6.07, 6.45) is 3.68. The Morgan fingerprint density at radius 2 is 1.83 bits per heavy atom. The van der Waals surface area contributed by atoms with Gasteiger partial charge in [-0.15, -0.1) is 0 Å². The van der Waals surface area contributed by atoms with E-state index in [2.05, 4.69) is 26.9 Å². The molecule has 6 nitrogen and oxygen atoms in total. The maximum atomic E-state index is 11.9. The van der Waals surface area contributed by atoms with E-state index in [4.69, 9.17) is 0 Å². The topological polar surface area (TPSA) is 73.5 Å². The lowest BCUT2D eigenvalue weighted by molar-refractivity contribution is -0.118. The third kappa shape index (κ3) is 5.76. The molecule has 0 atom stereocenters. The molecule has 0 spiro atoms. The average molecular weight is 332 g/mol. The first-order valence-corrected chi connectivity index (χ1v) is 8.72. The van der Waals surface area contributed by atoms with Crippen LogP contribution in [-0.2, 0) is 4.79 Å². The van der Waals surface area contributed by atoms with Gasteiger partial charge in [-0.25, -0.2) is 4.79 Å². The van der Waals surface area contributed by atoms with Crippen LogP contribution in [0.1, 0.15) is 33.1 Å². The molecule has 1 aliphatic heterocycles. The van der Waals surface area contributed by atoms with E-state index in [0.717, 1.165) is 24.5 Å². The number of rotatable bonds is 6. The molecular formula is C18H28N4O2. The Bertz CT molecular complexity index is 554. The van der Waals surface area contributed by atoms with Gasteiger partial charge in [0.1, 0.15) is 0 Å². The molecule has 0 bridgehead atoms. The summed E-state index contributed by atoms with van der Waals surface area (Å²) in [7, 11) is 0. The molecule has 132 valence electrons. The lowest BCUT2D eigenvalue weighted by atomic mass is 10.1. The second-order valence-corrected chi connectivity index (χ2v) is 6.57. The van der Waals surface area contributed by atoms with Gasteiger partial charge in [0.05, 0.1) is 17.9 Å². The fourth-order valence-electron chi connectivity index (χ4n) is 2.72. The molecule has 1 heterocycles. The minimum Gasteiger partial charge on any atom is -0.374 e. The molecule has 0 aromatic heterocycles. The summed E-state index contributed by atoms with van der Waals surface area (Å²) < 4.78 is 0. The highest BCUT2D eigenvalue weighted by molar-refractivity contribution is 5.96. The Morgan fingerprint density at radius 3 is 2.54 bits per heavy atom. The quantitative estimate of drug-likeness (QED) is 0.748. The number of urea groups is 1. The summed E-state index contributed by atoms with van der Waals surface area (Å²) in [4.78, 5) is 25.9. The zero-order chi connectivity index (χ0) is 17.4. The van der Waals surface area contributed by atoms with Gasteiger partial charge in [0.2, 0.25) is 5.91 Å². The lowest BCUT2D eigenvalue weighted by Crippen LogP contribution is -2.43. The van der Waals surface area contributed by atoms with Crippen LogP contribution < -0.4 is 20.9 Å². The van der Waals surface area contributed by atoms with Crippen LogP contribution in [-0.4, -0.2) is 38.1 Å². The number of para-hydroxylation sites is 2. The first-order valence-electron chi connectivity index (χ1n) is 8.72. The Labute approximate surface area is 144 Å². The number of carbonyl (C=O) groups excluding carboxylic acids is 2. The number of anilines is 2. The van der Waals surface area contributed by atoms with E-state index in [9.17, 15) is 9.59 Å². The standard InChI is InChI=1S/C18H28N4O2/c1-14(2)12-20-18(24)21-17(23)13-19-15-8-4-5-9-16(15)22-10-6-3-7-11-22/h4-5,8-9,14,19H,3,6-7,10-13H2,1-2H3,(H2,20,21,23,24). The molecular weight excluding hydrogens is 304 g/mol. The number of hydrogen-bond acceptors (Lipinski definition) is 4. The highest BCUT2D eigenvalue weighted by atomic mass is 16.2. The highest BCUT2D eigenvalue weighted by Gasteiger charge is 2.15. The molecule has 2 rings (SSSR count). The van der Waals surface area contributed by atoms with Crippen molar-refractivity contribution in [3.05, 3.63) is 24.3 Å². The zero-order valence-corrected chi connectivity index (χ0v) is 14.6. The van der Waals surface area contributed by atoms with Crippen molar-refractivity contribution in [2.24, 2.45) is 5.92 Å². The molecule has 1 aliphatic rings.